The number of hydrogen-bond acceptors (Lipinski definition) is 5. The van der Waals surface area contributed by atoms with E-state index >= 15 is 0 Å². The van der Waals surface area contributed by atoms with Crippen LogP contribution in [0.3, 0.4) is 0 Å². The van der Waals surface area contributed by atoms with Gasteiger partial charge in [0.05, 0.1) is 15.8 Å². The molecule has 7 nitrogen and oxygen atoms in total. The Balaban J connectivity index is 2.24. The van der Waals surface area contributed by atoms with E-state index in [1.165, 1.54) is 43.4 Å². The second-order valence-electron chi connectivity index (χ2n) is 6.01. The number of carbonyl (C=O) groups is 1. The van der Waals surface area contributed by atoms with Crippen molar-refractivity contribution in [1.29, 1.82) is 0 Å². The van der Waals surface area contributed by atoms with Gasteiger partial charge in [0.15, 0.2) is 9.84 Å². The van der Waals surface area contributed by atoms with Crippen molar-refractivity contribution in [2.45, 2.75) is 29.2 Å². The molecule has 2 rings (SSSR count). The third kappa shape index (κ3) is 5.15. The molecule has 0 aliphatic carbocycles. The molecule has 0 heterocycles. The lowest BCUT2D eigenvalue weighted by Crippen LogP contribution is -2.28. The van der Waals surface area contributed by atoms with Crippen LogP contribution in [0.25, 0.3) is 0 Å². The normalized spacial score (nSPS) is 13.1. The minimum absolute atomic E-state index is 0.00297. The highest BCUT2D eigenvalue weighted by atomic mass is 32.2. The van der Waals surface area contributed by atoms with Crippen LogP contribution in [0.5, 0.6) is 0 Å². The van der Waals surface area contributed by atoms with Crippen LogP contribution < -0.4 is 10.0 Å². The van der Waals surface area contributed by atoms with Crippen LogP contribution in [0.4, 0.5) is 0 Å². The van der Waals surface area contributed by atoms with Gasteiger partial charge >= 0.3 is 0 Å². The second kappa shape index (κ2) is 8.20. The first-order chi connectivity index (χ1) is 12.6. The number of nitrogens with one attached hydrogen (secondary N) is 2. The molecule has 9 heteroatoms. The van der Waals surface area contributed by atoms with Crippen LogP contribution in [0.1, 0.15) is 35.3 Å². The van der Waals surface area contributed by atoms with E-state index in [2.05, 4.69) is 10.0 Å². The van der Waals surface area contributed by atoms with Gasteiger partial charge in [-0.2, -0.15) is 0 Å². The van der Waals surface area contributed by atoms with Crippen LogP contribution in [0.2, 0.25) is 0 Å². The lowest BCUT2D eigenvalue weighted by Gasteiger charge is -2.18. The van der Waals surface area contributed by atoms with Gasteiger partial charge in [0.1, 0.15) is 0 Å². The Kier molecular flexibility index (Phi) is 6.40. The van der Waals surface area contributed by atoms with E-state index in [1.54, 1.807) is 12.1 Å². The average Bonchev–Trinajstić information content (AvgIpc) is 2.65. The highest BCUT2D eigenvalue weighted by Crippen LogP contribution is 2.20. The molecular weight excluding hydrogens is 388 g/mol. The van der Waals surface area contributed by atoms with Crippen LogP contribution in [-0.4, -0.2) is 36.0 Å². The summed E-state index contributed by atoms with van der Waals surface area (Å²) < 4.78 is 49.1. The predicted molar refractivity (Wildman–Crippen MR) is 103 cm³/mol. The SMILES string of the molecule is CC[C@H](NC(=O)c1cccc(S(=O)(=O)NC)c1)c1ccc(S(C)(=O)=O)cc1. The first kappa shape index (κ1) is 21.1. The van der Waals surface area contributed by atoms with Gasteiger partial charge in [0, 0.05) is 11.8 Å². The first-order valence-electron chi connectivity index (χ1n) is 8.23. The topological polar surface area (TPSA) is 109 Å². The lowest BCUT2D eigenvalue weighted by atomic mass is 10.0. The smallest absolute Gasteiger partial charge is 0.251 e. The van der Waals surface area contributed by atoms with E-state index in [0.29, 0.717) is 6.42 Å². The van der Waals surface area contributed by atoms with Gasteiger partial charge in [-0.05, 0) is 49.4 Å². The Morgan fingerprint density at radius 1 is 1.00 bits per heavy atom. The van der Waals surface area contributed by atoms with Crippen LogP contribution >= 0.6 is 0 Å². The summed E-state index contributed by atoms with van der Waals surface area (Å²) in [6, 6.07) is 11.7. The fourth-order valence-corrected chi connectivity index (χ4v) is 3.94. The molecule has 146 valence electrons. The molecule has 1 amide bonds. The molecule has 0 saturated carbocycles. The van der Waals surface area contributed by atoms with Gasteiger partial charge in [0.2, 0.25) is 10.0 Å². The van der Waals surface area contributed by atoms with Crippen molar-refractivity contribution < 1.29 is 21.6 Å². The Hall–Kier alpha value is -2.23. The molecule has 0 bridgehead atoms. The summed E-state index contributed by atoms with van der Waals surface area (Å²) in [4.78, 5) is 12.8. The first-order valence-corrected chi connectivity index (χ1v) is 11.6. The standard InChI is InChI=1S/C18H22N2O5S2/c1-4-17(13-8-10-15(11-9-13)26(3,22)23)20-18(21)14-6-5-7-16(12-14)27(24,25)19-2/h5-12,17,19H,4H2,1-3H3,(H,20,21)/t17-/m0/s1. The summed E-state index contributed by atoms with van der Waals surface area (Å²) in [6.07, 6.45) is 1.71. The van der Waals surface area contributed by atoms with Gasteiger partial charge in [0.25, 0.3) is 5.91 Å². The van der Waals surface area contributed by atoms with Crippen LogP contribution in [0.15, 0.2) is 58.3 Å². The van der Waals surface area contributed by atoms with Gasteiger partial charge in [-0.25, -0.2) is 21.6 Å². The largest absolute Gasteiger partial charge is 0.345 e. The Labute approximate surface area is 159 Å². The minimum atomic E-state index is -3.65. The molecule has 0 spiro atoms. The summed E-state index contributed by atoms with van der Waals surface area (Å²) in [5.74, 6) is -0.415. The van der Waals surface area contributed by atoms with E-state index < -0.39 is 25.8 Å². The number of sulfone groups is 1. The van der Waals surface area contributed by atoms with Gasteiger partial charge in [-0.1, -0.05) is 25.1 Å². The highest BCUT2D eigenvalue weighted by Gasteiger charge is 2.18. The molecule has 0 radical (unpaired) electrons. The maximum Gasteiger partial charge on any atom is 0.251 e. The molecule has 0 unspecified atom stereocenters. The van der Waals surface area contributed by atoms with Gasteiger partial charge in [-0.15, -0.1) is 0 Å². The number of rotatable bonds is 7. The molecular formula is C18H22N2O5S2. The predicted octanol–water partition coefficient (Wildman–Crippen LogP) is 1.88. The van der Waals surface area contributed by atoms with E-state index in [-0.39, 0.29) is 21.4 Å². The zero-order chi connectivity index (χ0) is 20.2. The van der Waals surface area contributed by atoms with Crippen molar-refractivity contribution in [3.8, 4) is 0 Å². The Morgan fingerprint density at radius 3 is 2.15 bits per heavy atom. The van der Waals surface area contributed by atoms with Crippen molar-refractivity contribution in [3.05, 3.63) is 59.7 Å². The summed E-state index contributed by atoms with van der Waals surface area (Å²) in [7, 11) is -5.63. The van der Waals surface area contributed by atoms with Crippen molar-refractivity contribution >= 4 is 25.8 Å². The number of hydrogen-bond donors (Lipinski definition) is 2. The molecule has 0 aliphatic rings. The van der Waals surface area contributed by atoms with Crippen molar-refractivity contribution in [3.63, 3.8) is 0 Å². The van der Waals surface area contributed by atoms with Crippen molar-refractivity contribution in [2.75, 3.05) is 13.3 Å². The highest BCUT2D eigenvalue weighted by molar-refractivity contribution is 7.90. The maximum atomic E-state index is 12.6. The van der Waals surface area contributed by atoms with E-state index in [9.17, 15) is 21.6 Å². The van der Waals surface area contributed by atoms with E-state index in [0.717, 1.165) is 11.8 Å². The third-order valence-corrected chi connectivity index (χ3v) is 6.64. The molecule has 0 aromatic heterocycles. The number of amides is 1. The minimum Gasteiger partial charge on any atom is -0.345 e. The van der Waals surface area contributed by atoms with Crippen LogP contribution in [0, 0.1) is 0 Å². The molecule has 27 heavy (non-hydrogen) atoms. The zero-order valence-electron chi connectivity index (χ0n) is 15.3. The molecule has 2 aromatic carbocycles. The average molecular weight is 411 g/mol. The summed E-state index contributed by atoms with van der Waals surface area (Å²) in [6.45, 7) is 1.89. The number of sulfonamides is 1. The molecule has 0 aliphatic heterocycles. The second-order valence-corrected chi connectivity index (χ2v) is 9.91. The fraction of sp³-hybridized carbons (Fsp3) is 0.278. The maximum absolute atomic E-state index is 12.6. The van der Waals surface area contributed by atoms with Gasteiger partial charge < -0.3 is 5.32 Å². The fourth-order valence-electron chi connectivity index (χ4n) is 2.53. The zero-order valence-corrected chi connectivity index (χ0v) is 16.9. The van der Waals surface area contributed by atoms with Gasteiger partial charge in [-0.3, -0.25) is 4.79 Å². The van der Waals surface area contributed by atoms with E-state index in [1.807, 2.05) is 6.92 Å². The quantitative estimate of drug-likeness (QED) is 0.724. The number of benzene rings is 2. The Morgan fingerprint density at radius 2 is 1.63 bits per heavy atom. The Bertz CT molecular complexity index is 1030. The van der Waals surface area contributed by atoms with E-state index in [4.69, 9.17) is 0 Å². The monoisotopic (exact) mass is 410 g/mol. The molecule has 1 atom stereocenters. The molecule has 0 saturated heterocycles. The van der Waals surface area contributed by atoms with Crippen molar-refractivity contribution in [2.24, 2.45) is 0 Å². The molecule has 2 aromatic rings. The summed E-state index contributed by atoms with van der Waals surface area (Å²) >= 11 is 0. The van der Waals surface area contributed by atoms with Crippen LogP contribution in [-0.2, 0) is 19.9 Å². The molecule has 2 N–H and O–H groups in total. The van der Waals surface area contributed by atoms with Crippen molar-refractivity contribution in [1.82, 2.24) is 10.0 Å². The lowest BCUT2D eigenvalue weighted by molar-refractivity contribution is 0.0935. The summed E-state index contributed by atoms with van der Waals surface area (Å²) in [5.41, 5.74) is 0.981. The molecule has 0 fully saturated rings. The third-order valence-electron chi connectivity index (χ3n) is 4.10. The number of carbonyl (C=O) groups excluding carboxylic acids is 1. The summed E-state index contributed by atoms with van der Waals surface area (Å²) in [5, 5.41) is 2.85.